The second kappa shape index (κ2) is 4.92. The Labute approximate surface area is 106 Å². The molecule has 4 nitrogen and oxygen atoms in total. The van der Waals surface area contributed by atoms with Gasteiger partial charge in [0.1, 0.15) is 0 Å². The summed E-state index contributed by atoms with van der Waals surface area (Å²) in [5, 5.41) is 0. The molecular weight excluding hydrogens is 235 g/mol. The Bertz CT molecular complexity index is 442. The molecule has 1 saturated heterocycles. The highest BCUT2D eigenvalue weighted by atomic mass is 19.1. The van der Waals surface area contributed by atoms with Crippen molar-refractivity contribution < 1.29 is 13.9 Å². The summed E-state index contributed by atoms with van der Waals surface area (Å²) in [5.74, 6) is -0.168. The predicted octanol–water partition coefficient (Wildman–Crippen LogP) is 1.90. The topological polar surface area (TPSA) is 42.4 Å². The van der Waals surface area contributed by atoms with Crippen LogP contribution in [-0.2, 0) is 10.5 Å². The number of amides is 1. The second-order valence-corrected chi connectivity index (χ2v) is 4.59. The van der Waals surface area contributed by atoms with Gasteiger partial charge in [0.15, 0.2) is 0 Å². The second-order valence-electron chi connectivity index (χ2n) is 4.59. The average molecular weight is 252 g/mol. The van der Waals surface area contributed by atoms with Gasteiger partial charge in [0.05, 0.1) is 7.11 Å². The Balaban J connectivity index is 2.25. The molecule has 18 heavy (non-hydrogen) atoms. The SMILES string of the molecule is COc1cc([C@@](C)(F)C(=O)N2CCCC2)ccn1. The van der Waals surface area contributed by atoms with Crippen LogP contribution in [0, 0.1) is 0 Å². The molecule has 98 valence electrons. The van der Waals surface area contributed by atoms with E-state index in [1.807, 2.05) is 0 Å². The quantitative estimate of drug-likeness (QED) is 0.825. The number of carbonyl (C=O) groups excluding carboxylic acids is 1. The van der Waals surface area contributed by atoms with Crippen LogP contribution >= 0.6 is 0 Å². The number of likely N-dealkylation sites (tertiary alicyclic amines) is 1. The minimum atomic E-state index is -2.03. The number of halogens is 1. The van der Waals surface area contributed by atoms with E-state index in [0.29, 0.717) is 19.0 Å². The van der Waals surface area contributed by atoms with Gasteiger partial charge in [-0.1, -0.05) is 0 Å². The van der Waals surface area contributed by atoms with Crippen LogP contribution in [0.2, 0.25) is 0 Å². The number of pyridine rings is 1. The molecule has 0 spiro atoms. The van der Waals surface area contributed by atoms with Gasteiger partial charge in [0, 0.05) is 30.9 Å². The number of ether oxygens (including phenoxy) is 1. The van der Waals surface area contributed by atoms with Crippen LogP contribution in [0.1, 0.15) is 25.3 Å². The Morgan fingerprint density at radius 2 is 2.17 bits per heavy atom. The van der Waals surface area contributed by atoms with Crippen molar-refractivity contribution in [3.8, 4) is 5.88 Å². The number of rotatable bonds is 3. The van der Waals surface area contributed by atoms with E-state index in [1.54, 1.807) is 4.90 Å². The molecule has 1 amide bonds. The monoisotopic (exact) mass is 252 g/mol. The van der Waals surface area contributed by atoms with Crippen LogP contribution < -0.4 is 4.74 Å². The van der Waals surface area contributed by atoms with Gasteiger partial charge < -0.3 is 9.64 Å². The Morgan fingerprint density at radius 3 is 2.78 bits per heavy atom. The maximum Gasteiger partial charge on any atom is 0.264 e. The van der Waals surface area contributed by atoms with Crippen LogP contribution in [0.4, 0.5) is 4.39 Å². The molecule has 1 aliphatic rings. The maximum atomic E-state index is 14.7. The minimum Gasteiger partial charge on any atom is -0.481 e. The largest absolute Gasteiger partial charge is 0.481 e. The van der Waals surface area contributed by atoms with Crippen LogP contribution in [0.15, 0.2) is 18.3 Å². The summed E-state index contributed by atoms with van der Waals surface area (Å²) in [7, 11) is 1.46. The van der Waals surface area contributed by atoms with Gasteiger partial charge in [-0.15, -0.1) is 0 Å². The molecule has 2 rings (SSSR count). The maximum absolute atomic E-state index is 14.7. The summed E-state index contributed by atoms with van der Waals surface area (Å²) >= 11 is 0. The lowest BCUT2D eigenvalue weighted by molar-refractivity contribution is -0.142. The van der Waals surface area contributed by atoms with Crippen LogP contribution in [0.3, 0.4) is 0 Å². The fourth-order valence-corrected chi connectivity index (χ4v) is 2.15. The van der Waals surface area contributed by atoms with Crippen molar-refractivity contribution in [1.82, 2.24) is 9.88 Å². The first-order chi connectivity index (χ1) is 8.55. The van der Waals surface area contributed by atoms with Gasteiger partial charge >= 0.3 is 0 Å². The molecule has 0 unspecified atom stereocenters. The summed E-state index contributed by atoms with van der Waals surface area (Å²) in [6.45, 7) is 2.57. The van der Waals surface area contributed by atoms with E-state index in [0.717, 1.165) is 12.8 Å². The first-order valence-corrected chi connectivity index (χ1v) is 6.04. The molecule has 0 radical (unpaired) electrons. The Hall–Kier alpha value is -1.65. The van der Waals surface area contributed by atoms with E-state index in [2.05, 4.69) is 4.98 Å². The Morgan fingerprint density at radius 1 is 1.50 bits per heavy atom. The van der Waals surface area contributed by atoms with Crippen molar-refractivity contribution >= 4 is 5.91 Å². The highest BCUT2D eigenvalue weighted by Crippen LogP contribution is 2.30. The fraction of sp³-hybridized carbons (Fsp3) is 0.538. The number of methoxy groups -OCH3 is 1. The summed E-state index contributed by atoms with van der Waals surface area (Å²) in [4.78, 5) is 17.6. The van der Waals surface area contributed by atoms with Gasteiger partial charge in [-0.25, -0.2) is 9.37 Å². The lowest BCUT2D eigenvalue weighted by atomic mass is 9.97. The molecule has 0 aromatic carbocycles. The number of aromatic nitrogens is 1. The van der Waals surface area contributed by atoms with Gasteiger partial charge in [-0.2, -0.15) is 0 Å². The van der Waals surface area contributed by atoms with Gasteiger partial charge in [0.25, 0.3) is 5.91 Å². The van der Waals surface area contributed by atoms with E-state index in [4.69, 9.17) is 4.74 Å². The predicted molar refractivity (Wildman–Crippen MR) is 65.1 cm³/mol. The van der Waals surface area contributed by atoms with Gasteiger partial charge in [0.2, 0.25) is 11.5 Å². The summed E-state index contributed by atoms with van der Waals surface area (Å²) in [5.41, 5.74) is -1.74. The molecule has 0 aliphatic carbocycles. The summed E-state index contributed by atoms with van der Waals surface area (Å²) < 4.78 is 19.7. The van der Waals surface area contributed by atoms with Crippen molar-refractivity contribution in [1.29, 1.82) is 0 Å². The standard InChI is InChI=1S/C13H17FN2O2/c1-13(14,12(17)16-7-3-4-8-16)10-5-6-15-11(9-10)18-2/h5-6,9H,3-4,7-8H2,1-2H3/t13-/m1/s1. The molecule has 0 bridgehead atoms. The highest BCUT2D eigenvalue weighted by molar-refractivity contribution is 5.86. The fourth-order valence-electron chi connectivity index (χ4n) is 2.15. The van der Waals surface area contributed by atoms with Gasteiger partial charge in [-0.3, -0.25) is 4.79 Å². The molecule has 1 fully saturated rings. The van der Waals surface area contributed by atoms with E-state index < -0.39 is 11.6 Å². The molecule has 0 N–H and O–H groups in total. The van der Waals surface area contributed by atoms with Crippen LogP contribution in [0.25, 0.3) is 0 Å². The molecule has 1 aromatic rings. The van der Waals surface area contributed by atoms with Crippen LogP contribution in [-0.4, -0.2) is 36.0 Å². The number of hydrogen-bond donors (Lipinski definition) is 0. The van der Waals surface area contributed by atoms with Crippen molar-refractivity contribution in [2.45, 2.75) is 25.4 Å². The smallest absolute Gasteiger partial charge is 0.264 e. The van der Waals surface area contributed by atoms with Crippen LogP contribution in [0.5, 0.6) is 5.88 Å². The van der Waals surface area contributed by atoms with E-state index in [9.17, 15) is 9.18 Å². The lowest BCUT2D eigenvalue weighted by Crippen LogP contribution is -2.41. The minimum absolute atomic E-state index is 0.284. The zero-order chi connectivity index (χ0) is 13.2. The van der Waals surface area contributed by atoms with Crippen molar-refractivity contribution in [2.24, 2.45) is 0 Å². The first kappa shape index (κ1) is 12.8. The molecule has 0 saturated carbocycles. The Kier molecular flexibility index (Phi) is 3.50. The average Bonchev–Trinajstić information content (AvgIpc) is 2.91. The zero-order valence-electron chi connectivity index (χ0n) is 10.6. The zero-order valence-corrected chi connectivity index (χ0v) is 10.6. The number of carbonyl (C=O) groups is 1. The molecule has 1 aromatic heterocycles. The number of alkyl halides is 1. The molecule has 1 atom stereocenters. The van der Waals surface area contributed by atoms with E-state index in [1.165, 1.54) is 32.4 Å². The first-order valence-electron chi connectivity index (χ1n) is 6.04. The van der Waals surface area contributed by atoms with Gasteiger partial charge in [-0.05, 0) is 25.8 Å². The van der Waals surface area contributed by atoms with E-state index >= 15 is 0 Å². The van der Waals surface area contributed by atoms with Crippen molar-refractivity contribution in [3.63, 3.8) is 0 Å². The summed E-state index contributed by atoms with van der Waals surface area (Å²) in [6, 6.07) is 2.98. The lowest BCUT2D eigenvalue weighted by Gasteiger charge is -2.26. The number of hydrogen-bond acceptors (Lipinski definition) is 3. The number of nitrogens with zero attached hydrogens (tertiary/aromatic N) is 2. The third kappa shape index (κ3) is 2.30. The molecule has 2 heterocycles. The van der Waals surface area contributed by atoms with E-state index in [-0.39, 0.29) is 5.56 Å². The molecule has 5 heteroatoms. The molecular formula is C13H17FN2O2. The summed E-state index contributed by atoms with van der Waals surface area (Å²) in [6.07, 6.45) is 3.34. The third-order valence-electron chi connectivity index (χ3n) is 3.28. The highest BCUT2D eigenvalue weighted by Gasteiger charge is 2.39. The van der Waals surface area contributed by atoms with Crippen molar-refractivity contribution in [2.75, 3.05) is 20.2 Å². The van der Waals surface area contributed by atoms with Crippen molar-refractivity contribution in [3.05, 3.63) is 23.9 Å². The molecule has 1 aliphatic heterocycles. The normalized spacial score (nSPS) is 18.5. The third-order valence-corrected chi connectivity index (χ3v) is 3.28.